The van der Waals surface area contributed by atoms with Crippen molar-refractivity contribution in [2.24, 2.45) is 11.8 Å². The van der Waals surface area contributed by atoms with E-state index in [1.807, 2.05) is 24.3 Å². The molecule has 146 valence electrons. The second-order valence-corrected chi connectivity index (χ2v) is 14.2. The fourth-order valence-electron chi connectivity index (χ4n) is 5.35. The Hall–Kier alpha value is -0.963. The highest BCUT2D eigenvalue weighted by Gasteiger charge is 2.41. The van der Waals surface area contributed by atoms with Crippen LogP contribution in [0.4, 0.5) is 0 Å². The zero-order valence-corrected chi connectivity index (χ0v) is 18.1. The summed E-state index contributed by atoms with van der Waals surface area (Å²) in [6.07, 6.45) is 11.8. The molecule has 0 atom stereocenters. The molecule has 2 aliphatic rings. The maximum atomic E-state index is 6.06. The van der Waals surface area contributed by atoms with Crippen LogP contribution in [0.3, 0.4) is 0 Å². The van der Waals surface area contributed by atoms with E-state index in [0.717, 1.165) is 35.5 Å². The zero-order valence-electron chi connectivity index (χ0n) is 17.1. The molecule has 0 spiro atoms. The van der Waals surface area contributed by atoms with Gasteiger partial charge in [0, 0.05) is 0 Å². The molecule has 1 aromatic rings. The van der Waals surface area contributed by atoms with Gasteiger partial charge in [0.2, 0.25) is 0 Å². The fourth-order valence-corrected chi connectivity index (χ4v) is 10.3. The molecule has 0 unspecified atom stereocenters. The number of rotatable bonds is 7. The van der Waals surface area contributed by atoms with Crippen molar-refractivity contribution in [3.63, 3.8) is 0 Å². The second-order valence-electron chi connectivity index (χ2n) is 9.09. The summed E-state index contributed by atoms with van der Waals surface area (Å²) in [5, 5.41) is 0. The van der Waals surface area contributed by atoms with Crippen LogP contribution in [0.15, 0.2) is 24.3 Å². The minimum Gasteiger partial charge on any atom is -0.497 e. The summed E-state index contributed by atoms with van der Waals surface area (Å²) in [6.45, 7) is 5.95. The van der Waals surface area contributed by atoms with Gasteiger partial charge in [-0.2, -0.15) is 0 Å². The van der Waals surface area contributed by atoms with E-state index < -0.39 is 8.07 Å². The lowest BCUT2D eigenvalue weighted by atomic mass is 9.86. The number of hydrogen-bond donors (Lipinski definition) is 0. The molecule has 0 radical (unpaired) electrons. The molecule has 3 heteroatoms. The smallest absolute Gasteiger partial charge is 0.119 e. The predicted molar refractivity (Wildman–Crippen MR) is 113 cm³/mol. The molecule has 0 aromatic heterocycles. The molecule has 1 saturated heterocycles. The van der Waals surface area contributed by atoms with Crippen molar-refractivity contribution in [2.45, 2.75) is 82.5 Å². The van der Waals surface area contributed by atoms with Gasteiger partial charge < -0.3 is 9.47 Å². The lowest BCUT2D eigenvalue weighted by molar-refractivity contribution is 0.233. The summed E-state index contributed by atoms with van der Waals surface area (Å²) in [5.41, 5.74) is 1.11. The molecule has 1 aromatic carbocycles. The van der Waals surface area contributed by atoms with E-state index in [-0.39, 0.29) is 0 Å². The Morgan fingerprint density at radius 1 is 0.885 bits per heavy atom. The van der Waals surface area contributed by atoms with Crippen LogP contribution >= 0.6 is 0 Å². The van der Waals surface area contributed by atoms with Gasteiger partial charge in [0.15, 0.2) is 0 Å². The highest BCUT2D eigenvalue weighted by molar-refractivity contribution is 6.80. The largest absolute Gasteiger partial charge is 0.497 e. The Kier molecular flexibility index (Phi) is 7.08. The summed E-state index contributed by atoms with van der Waals surface area (Å²) in [5.74, 6) is 3.67. The average molecular weight is 375 g/mol. The third kappa shape index (κ3) is 5.06. The van der Waals surface area contributed by atoms with Gasteiger partial charge in [-0.25, -0.2) is 0 Å². The summed E-state index contributed by atoms with van der Waals surface area (Å²) in [4.78, 5) is 0. The second kappa shape index (κ2) is 9.30. The van der Waals surface area contributed by atoms with Crippen molar-refractivity contribution in [3.8, 4) is 11.5 Å². The van der Waals surface area contributed by atoms with Crippen molar-refractivity contribution in [2.75, 3.05) is 13.7 Å². The Balaban J connectivity index is 1.41. The van der Waals surface area contributed by atoms with E-state index in [2.05, 4.69) is 13.5 Å². The van der Waals surface area contributed by atoms with E-state index in [9.17, 15) is 0 Å². The molecule has 1 aliphatic heterocycles. The molecular weight excluding hydrogens is 336 g/mol. The van der Waals surface area contributed by atoms with Crippen molar-refractivity contribution in [1.29, 1.82) is 0 Å². The Labute approximate surface area is 161 Å². The van der Waals surface area contributed by atoms with Crippen LogP contribution in [0.1, 0.15) is 58.3 Å². The van der Waals surface area contributed by atoms with Gasteiger partial charge in [0.1, 0.15) is 11.5 Å². The third-order valence-electron chi connectivity index (χ3n) is 7.32. The van der Waals surface area contributed by atoms with E-state index in [0.29, 0.717) is 0 Å². The molecule has 2 nitrogen and oxygen atoms in total. The fraction of sp³-hybridized carbons (Fsp3) is 0.739. The third-order valence-corrected chi connectivity index (χ3v) is 12.7. The quantitative estimate of drug-likeness (QED) is 0.482. The monoisotopic (exact) mass is 374 g/mol. The Morgan fingerprint density at radius 2 is 1.50 bits per heavy atom. The highest BCUT2D eigenvalue weighted by atomic mass is 28.3. The van der Waals surface area contributed by atoms with Crippen LogP contribution in [-0.2, 0) is 0 Å². The summed E-state index contributed by atoms with van der Waals surface area (Å²) < 4.78 is 11.3. The molecule has 26 heavy (non-hydrogen) atoms. The number of ether oxygens (including phenoxy) is 2. The number of methoxy groups -OCH3 is 1. The highest BCUT2D eigenvalue weighted by Crippen LogP contribution is 2.48. The van der Waals surface area contributed by atoms with Crippen LogP contribution in [-0.4, -0.2) is 21.8 Å². The molecule has 1 heterocycles. The van der Waals surface area contributed by atoms with Crippen LogP contribution in [0.5, 0.6) is 11.5 Å². The molecule has 0 amide bonds. The maximum absolute atomic E-state index is 6.06. The van der Waals surface area contributed by atoms with Gasteiger partial charge in [-0.3, -0.25) is 0 Å². The summed E-state index contributed by atoms with van der Waals surface area (Å²) in [6, 6.07) is 11.1. The lowest BCUT2D eigenvalue weighted by Gasteiger charge is -2.44. The first-order valence-corrected chi connectivity index (χ1v) is 13.9. The van der Waals surface area contributed by atoms with Gasteiger partial charge >= 0.3 is 0 Å². The topological polar surface area (TPSA) is 18.5 Å². The van der Waals surface area contributed by atoms with Crippen molar-refractivity contribution in [3.05, 3.63) is 24.3 Å². The minimum atomic E-state index is -1.02. The Bertz CT molecular complexity index is 526. The van der Waals surface area contributed by atoms with E-state index in [1.54, 1.807) is 20.0 Å². The Morgan fingerprint density at radius 3 is 2.08 bits per heavy atom. The van der Waals surface area contributed by atoms with Gasteiger partial charge in [-0.1, -0.05) is 64.1 Å². The van der Waals surface area contributed by atoms with Crippen molar-refractivity contribution >= 4 is 8.07 Å². The molecular formula is C23H38O2Si. The van der Waals surface area contributed by atoms with Gasteiger partial charge in [-0.05, 0) is 54.5 Å². The normalized spacial score (nSPS) is 32.2. The first kappa shape index (κ1) is 19.8. The molecule has 1 saturated carbocycles. The van der Waals surface area contributed by atoms with Crippen LogP contribution in [0.2, 0.25) is 24.2 Å². The van der Waals surface area contributed by atoms with Gasteiger partial charge in [0.05, 0.1) is 21.8 Å². The average Bonchev–Trinajstić information content (AvgIpc) is 2.69. The van der Waals surface area contributed by atoms with Crippen LogP contribution in [0, 0.1) is 11.8 Å². The van der Waals surface area contributed by atoms with Crippen molar-refractivity contribution < 1.29 is 9.47 Å². The SMILES string of the molecule is CCCC1CCC([Si]2(C)CCC(COc3ccc(OC)cc3)CC2)CC1. The van der Waals surface area contributed by atoms with E-state index >= 15 is 0 Å². The van der Waals surface area contributed by atoms with Crippen LogP contribution in [0.25, 0.3) is 0 Å². The van der Waals surface area contributed by atoms with Gasteiger partial charge in [-0.15, -0.1) is 0 Å². The number of benzene rings is 1. The maximum Gasteiger partial charge on any atom is 0.119 e. The van der Waals surface area contributed by atoms with E-state index in [4.69, 9.17) is 9.47 Å². The first-order chi connectivity index (χ1) is 12.6. The minimum absolute atomic E-state index is 0.758. The molecule has 2 fully saturated rings. The van der Waals surface area contributed by atoms with E-state index in [1.165, 1.54) is 50.6 Å². The number of hydrogen-bond acceptors (Lipinski definition) is 2. The predicted octanol–water partition coefficient (Wildman–Crippen LogP) is 6.92. The summed E-state index contributed by atoms with van der Waals surface area (Å²) in [7, 11) is 0.681. The summed E-state index contributed by atoms with van der Waals surface area (Å²) >= 11 is 0. The van der Waals surface area contributed by atoms with Gasteiger partial charge in [0.25, 0.3) is 0 Å². The molecule has 0 N–H and O–H groups in total. The molecule has 3 rings (SSSR count). The molecule has 1 aliphatic carbocycles. The standard InChI is InChI=1S/C23H38O2Si/c1-4-5-19-6-12-23(13-7-19)26(3)16-14-20(15-17-26)18-25-22-10-8-21(24-2)9-11-22/h8-11,19-20,23H,4-7,12-18H2,1-3H3. The zero-order chi connectivity index (χ0) is 18.4. The lowest BCUT2D eigenvalue weighted by Crippen LogP contribution is -2.42. The van der Waals surface area contributed by atoms with Crippen molar-refractivity contribution in [1.82, 2.24) is 0 Å². The molecule has 0 bridgehead atoms. The first-order valence-electron chi connectivity index (χ1n) is 10.9. The van der Waals surface area contributed by atoms with Crippen LogP contribution < -0.4 is 9.47 Å².